The van der Waals surface area contributed by atoms with Crippen LogP contribution < -0.4 is 15.2 Å². The molecule has 0 bridgehead atoms. The van der Waals surface area contributed by atoms with Crippen molar-refractivity contribution in [2.75, 3.05) is 19.8 Å². The van der Waals surface area contributed by atoms with Gasteiger partial charge in [-0.1, -0.05) is 23.7 Å². The molecule has 1 saturated heterocycles. The molecule has 0 spiro atoms. The van der Waals surface area contributed by atoms with Crippen LogP contribution in [0.1, 0.15) is 16.7 Å². The van der Waals surface area contributed by atoms with Crippen molar-refractivity contribution in [1.82, 2.24) is 4.90 Å². The van der Waals surface area contributed by atoms with Gasteiger partial charge in [-0.25, -0.2) is 0 Å². The molecule has 0 atom stereocenters. The topological polar surface area (TPSA) is 98.9 Å². The molecule has 3 rings (SSSR count). The van der Waals surface area contributed by atoms with Crippen molar-refractivity contribution in [2.45, 2.75) is 13.8 Å². The molecular weight excluding hydrogens is 440 g/mol. The number of rotatable bonds is 8. The minimum atomic E-state index is -0.634. The van der Waals surface area contributed by atoms with Crippen LogP contribution in [0.25, 0.3) is 6.08 Å². The molecule has 9 heteroatoms. The Morgan fingerprint density at radius 3 is 2.65 bits per heavy atom. The van der Waals surface area contributed by atoms with Gasteiger partial charge < -0.3 is 15.2 Å². The summed E-state index contributed by atoms with van der Waals surface area (Å²) < 4.78 is 11.1. The first-order valence-corrected chi connectivity index (χ1v) is 10.6. The Balaban J connectivity index is 1.71. The maximum atomic E-state index is 12.8. The number of halogens is 1. The maximum absolute atomic E-state index is 12.8. The number of nitrogens with zero attached hydrogens (tertiary/aromatic N) is 1. The predicted molar refractivity (Wildman–Crippen MR) is 120 cm³/mol. The lowest BCUT2D eigenvalue weighted by Crippen LogP contribution is -2.32. The molecule has 7 nitrogen and oxygen atoms in total. The van der Waals surface area contributed by atoms with E-state index >= 15 is 0 Å². The van der Waals surface area contributed by atoms with Gasteiger partial charge >= 0.3 is 0 Å². The molecule has 1 heterocycles. The summed E-state index contributed by atoms with van der Waals surface area (Å²) in [6.45, 7) is 3.88. The molecule has 1 fully saturated rings. The normalized spacial score (nSPS) is 14.9. The van der Waals surface area contributed by atoms with Crippen molar-refractivity contribution in [1.29, 1.82) is 0 Å². The largest absolute Gasteiger partial charge is 0.491 e. The third-order valence-corrected chi connectivity index (χ3v) is 5.56. The number of hydrogen-bond donors (Lipinski definition) is 1. The minimum Gasteiger partial charge on any atom is -0.491 e. The van der Waals surface area contributed by atoms with Gasteiger partial charge in [0.25, 0.3) is 17.1 Å². The molecule has 1 aliphatic heterocycles. The highest BCUT2D eigenvalue weighted by Crippen LogP contribution is 2.34. The highest BCUT2D eigenvalue weighted by atomic mass is 35.5. The first kappa shape index (κ1) is 22.7. The van der Waals surface area contributed by atoms with Gasteiger partial charge in [0.2, 0.25) is 0 Å². The molecule has 2 N–H and O–H groups in total. The third kappa shape index (κ3) is 5.80. The van der Waals surface area contributed by atoms with E-state index in [1.54, 1.807) is 18.2 Å². The van der Waals surface area contributed by atoms with Crippen molar-refractivity contribution in [3.63, 3.8) is 0 Å². The van der Waals surface area contributed by atoms with E-state index in [1.165, 1.54) is 6.08 Å². The molecule has 0 aliphatic carbocycles. The van der Waals surface area contributed by atoms with Crippen molar-refractivity contribution in [3.05, 3.63) is 63.0 Å². The quantitative estimate of drug-likeness (QED) is 0.599. The third-order valence-electron chi connectivity index (χ3n) is 4.42. The van der Waals surface area contributed by atoms with Crippen molar-refractivity contribution in [3.8, 4) is 11.5 Å². The van der Waals surface area contributed by atoms with Gasteiger partial charge in [0.15, 0.2) is 6.61 Å². The zero-order valence-corrected chi connectivity index (χ0v) is 18.6. The molecule has 2 aromatic rings. The lowest BCUT2D eigenvalue weighted by molar-refractivity contribution is -0.123. The molecule has 0 aromatic heterocycles. The average Bonchev–Trinajstić information content (AvgIpc) is 2.97. The van der Waals surface area contributed by atoms with Gasteiger partial charge in [-0.2, -0.15) is 0 Å². The first-order chi connectivity index (χ1) is 14.7. The van der Waals surface area contributed by atoms with E-state index in [1.807, 2.05) is 32.0 Å². The Morgan fingerprint density at radius 1 is 1.13 bits per heavy atom. The standard InChI is InChI=1S/C22H21ClN2O5S/c1-13-3-4-14(2)18(9-13)29-8-7-25-21(27)19(31-22(25)28)11-15-10-16(23)5-6-17(15)30-12-20(24)26/h3-6,9-11H,7-8,12H2,1-2H3,(H2,24,26)/b19-11-. The van der Waals surface area contributed by atoms with Crippen LogP contribution in [-0.2, 0) is 9.59 Å². The monoisotopic (exact) mass is 460 g/mol. The number of carbonyl (C=O) groups is 3. The number of primary amides is 1. The number of aryl methyl sites for hydroxylation is 2. The molecule has 2 aromatic carbocycles. The van der Waals surface area contributed by atoms with Crippen LogP contribution in [-0.4, -0.2) is 41.7 Å². The zero-order chi connectivity index (χ0) is 22.5. The van der Waals surface area contributed by atoms with Crippen LogP contribution in [0, 0.1) is 13.8 Å². The Hall–Kier alpha value is -2.97. The Labute approximate surface area is 189 Å². The second-order valence-electron chi connectivity index (χ2n) is 6.89. The number of hydrogen-bond acceptors (Lipinski definition) is 6. The molecule has 1 aliphatic rings. The van der Waals surface area contributed by atoms with Crippen LogP contribution in [0.3, 0.4) is 0 Å². The number of ether oxygens (including phenoxy) is 2. The van der Waals surface area contributed by atoms with Crippen LogP contribution >= 0.6 is 23.4 Å². The first-order valence-electron chi connectivity index (χ1n) is 9.40. The van der Waals surface area contributed by atoms with Crippen LogP contribution in [0.5, 0.6) is 11.5 Å². The molecule has 3 amide bonds. The predicted octanol–water partition coefficient (Wildman–Crippen LogP) is 3.94. The number of imide groups is 1. The maximum Gasteiger partial charge on any atom is 0.293 e. The second-order valence-corrected chi connectivity index (χ2v) is 8.32. The molecule has 31 heavy (non-hydrogen) atoms. The lowest BCUT2D eigenvalue weighted by atomic mass is 10.1. The molecule has 162 valence electrons. The van der Waals surface area contributed by atoms with E-state index in [2.05, 4.69) is 0 Å². The fraction of sp³-hybridized carbons (Fsp3) is 0.227. The van der Waals surface area contributed by atoms with Crippen molar-refractivity contribution >= 4 is 46.5 Å². The second kappa shape index (κ2) is 9.89. The summed E-state index contributed by atoms with van der Waals surface area (Å²) in [6, 6.07) is 10.6. The summed E-state index contributed by atoms with van der Waals surface area (Å²) >= 11 is 6.87. The number of carbonyl (C=O) groups excluding carboxylic acids is 3. The zero-order valence-electron chi connectivity index (χ0n) is 17.0. The van der Waals surface area contributed by atoms with E-state index in [-0.39, 0.29) is 29.9 Å². The molecule has 0 unspecified atom stereocenters. The van der Waals surface area contributed by atoms with Gasteiger partial charge in [-0.05, 0) is 67.1 Å². The number of thioether (sulfide) groups is 1. The summed E-state index contributed by atoms with van der Waals surface area (Å²) in [7, 11) is 0. The number of benzene rings is 2. The van der Waals surface area contributed by atoms with Crippen LogP contribution in [0.4, 0.5) is 4.79 Å². The van der Waals surface area contributed by atoms with Gasteiger partial charge in [-0.15, -0.1) is 0 Å². The van der Waals surface area contributed by atoms with E-state index in [4.69, 9.17) is 26.8 Å². The van der Waals surface area contributed by atoms with E-state index in [0.717, 1.165) is 33.5 Å². The molecule has 0 saturated carbocycles. The average molecular weight is 461 g/mol. The molecule has 0 radical (unpaired) electrons. The Kier molecular flexibility index (Phi) is 7.25. The fourth-order valence-electron chi connectivity index (χ4n) is 2.86. The van der Waals surface area contributed by atoms with Gasteiger partial charge in [0, 0.05) is 10.6 Å². The highest BCUT2D eigenvalue weighted by molar-refractivity contribution is 8.18. The molecular formula is C22H21ClN2O5S. The van der Waals surface area contributed by atoms with E-state index in [0.29, 0.717) is 16.3 Å². The Bertz CT molecular complexity index is 1070. The lowest BCUT2D eigenvalue weighted by Gasteiger charge is -2.14. The summed E-state index contributed by atoms with van der Waals surface area (Å²) in [5.41, 5.74) is 7.62. The summed E-state index contributed by atoms with van der Waals surface area (Å²) in [5.74, 6) is -0.0172. The highest BCUT2D eigenvalue weighted by Gasteiger charge is 2.35. The van der Waals surface area contributed by atoms with E-state index in [9.17, 15) is 14.4 Å². The van der Waals surface area contributed by atoms with Crippen molar-refractivity contribution in [2.24, 2.45) is 5.73 Å². The minimum absolute atomic E-state index is 0.121. The smallest absolute Gasteiger partial charge is 0.293 e. The number of amides is 3. The van der Waals surface area contributed by atoms with Crippen molar-refractivity contribution < 1.29 is 23.9 Å². The summed E-state index contributed by atoms with van der Waals surface area (Å²) in [6.07, 6.45) is 1.51. The number of nitrogens with two attached hydrogens (primary N) is 1. The Morgan fingerprint density at radius 2 is 1.90 bits per heavy atom. The van der Waals surface area contributed by atoms with Gasteiger partial charge in [0.05, 0.1) is 11.4 Å². The summed E-state index contributed by atoms with van der Waals surface area (Å²) in [4.78, 5) is 37.5. The van der Waals surface area contributed by atoms with Crippen LogP contribution in [0.2, 0.25) is 5.02 Å². The fourth-order valence-corrected chi connectivity index (χ4v) is 3.89. The summed E-state index contributed by atoms with van der Waals surface area (Å²) in [5, 5.41) is 0.0290. The van der Waals surface area contributed by atoms with Crippen LogP contribution in [0.15, 0.2) is 41.3 Å². The van der Waals surface area contributed by atoms with Gasteiger partial charge in [0.1, 0.15) is 18.1 Å². The van der Waals surface area contributed by atoms with E-state index < -0.39 is 11.8 Å². The van der Waals surface area contributed by atoms with Gasteiger partial charge in [-0.3, -0.25) is 19.3 Å². The SMILES string of the molecule is Cc1ccc(C)c(OCCN2C(=O)S/C(=C\c3cc(Cl)ccc3OCC(N)=O)C2=O)c1.